The first-order valence-corrected chi connectivity index (χ1v) is 11.4. The number of carbonyl (C=O) groups excluding carboxylic acids is 2. The quantitative estimate of drug-likeness (QED) is 0.666. The molecule has 0 bridgehead atoms. The molecular weight excluding hydrogens is 400 g/mol. The highest BCUT2D eigenvalue weighted by molar-refractivity contribution is 5.94. The van der Waals surface area contributed by atoms with Crippen molar-refractivity contribution < 1.29 is 9.59 Å². The van der Waals surface area contributed by atoms with E-state index in [2.05, 4.69) is 33.7 Å². The third-order valence-corrected chi connectivity index (χ3v) is 6.65. The number of nitrogens with zero attached hydrogens (tertiary/aromatic N) is 2. The predicted molar refractivity (Wildman–Crippen MR) is 122 cm³/mol. The zero-order valence-corrected chi connectivity index (χ0v) is 18.4. The van der Waals surface area contributed by atoms with Gasteiger partial charge in [0.25, 0.3) is 5.91 Å². The lowest BCUT2D eigenvalue weighted by Gasteiger charge is -2.28. The van der Waals surface area contributed by atoms with Crippen LogP contribution in [0.3, 0.4) is 0 Å². The van der Waals surface area contributed by atoms with Crippen LogP contribution in [0.25, 0.3) is 0 Å². The van der Waals surface area contributed by atoms with Crippen molar-refractivity contribution in [3.63, 3.8) is 0 Å². The summed E-state index contributed by atoms with van der Waals surface area (Å²) in [5, 5.41) is 10.6. The summed E-state index contributed by atoms with van der Waals surface area (Å²) in [5.74, 6) is -0.0923. The summed E-state index contributed by atoms with van der Waals surface area (Å²) in [4.78, 5) is 27.9. The number of aromatic amines is 1. The van der Waals surface area contributed by atoms with E-state index in [-0.39, 0.29) is 17.9 Å². The molecule has 6 heteroatoms. The molecule has 1 aliphatic carbocycles. The largest absolute Gasteiger partial charge is 0.344 e. The minimum absolute atomic E-state index is 0.00247. The highest BCUT2D eigenvalue weighted by Crippen LogP contribution is 2.30. The van der Waals surface area contributed by atoms with Crippen molar-refractivity contribution in [3.05, 3.63) is 87.7 Å². The number of rotatable bonds is 4. The van der Waals surface area contributed by atoms with Gasteiger partial charge < -0.3 is 10.2 Å². The average Bonchev–Trinajstić information content (AvgIpc) is 3.24. The molecule has 0 unspecified atom stereocenters. The second-order valence-electron chi connectivity index (χ2n) is 8.87. The van der Waals surface area contributed by atoms with Crippen LogP contribution >= 0.6 is 0 Å². The normalized spacial score (nSPS) is 17.4. The van der Waals surface area contributed by atoms with Crippen LogP contribution in [-0.2, 0) is 30.6 Å². The Morgan fingerprint density at radius 1 is 1.12 bits per heavy atom. The number of nitrogens with one attached hydrogen (secondary N) is 2. The van der Waals surface area contributed by atoms with Crippen molar-refractivity contribution in [2.45, 2.75) is 51.6 Å². The van der Waals surface area contributed by atoms with Gasteiger partial charge in [-0.05, 0) is 42.9 Å². The summed E-state index contributed by atoms with van der Waals surface area (Å²) in [6.45, 7) is 3.09. The molecule has 1 atom stereocenters. The van der Waals surface area contributed by atoms with Crippen LogP contribution in [0.1, 0.15) is 62.9 Å². The van der Waals surface area contributed by atoms with Crippen LogP contribution in [0, 0.1) is 6.92 Å². The zero-order valence-electron chi connectivity index (χ0n) is 18.4. The molecule has 6 nitrogen and oxygen atoms in total. The van der Waals surface area contributed by atoms with Gasteiger partial charge in [-0.3, -0.25) is 14.7 Å². The molecular formula is C26H28N4O2. The van der Waals surface area contributed by atoms with Crippen molar-refractivity contribution >= 4 is 11.8 Å². The van der Waals surface area contributed by atoms with Gasteiger partial charge in [-0.2, -0.15) is 5.10 Å². The highest BCUT2D eigenvalue weighted by Gasteiger charge is 2.29. The van der Waals surface area contributed by atoms with Crippen molar-refractivity contribution in [2.24, 2.45) is 0 Å². The number of amides is 2. The molecule has 1 aliphatic heterocycles. The van der Waals surface area contributed by atoms with Crippen LogP contribution < -0.4 is 5.32 Å². The van der Waals surface area contributed by atoms with Crippen molar-refractivity contribution in [1.82, 2.24) is 20.4 Å². The lowest BCUT2D eigenvalue weighted by Crippen LogP contribution is -2.38. The molecule has 2 aliphatic rings. The van der Waals surface area contributed by atoms with Gasteiger partial charge in [0.05, 0.1) is 12.5 Å². The summed E-state index contributed by atoms with van der Waals surface area (Å²) in [6, 6.07) is 16.4. The van der Waals surface area contributed by atoms with E-state index in [0.717, 1.165) is 36.1 Å². The summed E-state index contributed by atoms with van der Waals surface area (Å²) < 4.78 is 0. The van der Waals surface area contributed by atoms with Gasteiger partial charge in [-0.15, -0.1) is 0 Å². The number of benzene rings is 2. The second kappa shape index (κ2) is 8.61. The maximum atomic E-state index is 13.2. The Bertz CT molecular complexity index is 1150. The molecule has 0 spiro atoms. The number of H-pyrrole nitrogens is 1. The standard InChI is InChI=1S/C26H28N4O2/c1-17-9-11-18(12-10-17)15-24(31)30-14-13-23-21(16-30)25(29-28-23)26(32)27-22-8-4-6-19-5-2-3-7-20(19)22/h2-3,5,7,9-12,22H,4,6,8,13-16H2,1H3,(H,27,32)(H,28,29)/t22-/m1/s1. The van der Waals surface area contributed by atoms with Gasteiger partial charge in [-0.1, -0.05) is 54.1 Å². The molecule has 2 amide bonds. The van der Waals surface area contributed by atoms with Crippen LogP contribution in [-0.4, -0.2) is 33.5 Å². The zero-order chi connectivity index (χ0) is 22.1. The van der Waals surface area contributed by atoms with E-state index in [1.54, 1.807) is 0 Å². The van der Waals surface area contributed by atoms with Crippen molar-refractivity contribution in [1.29, 1.82) is 0 Å². The molecule has 1 aromatic heterocycles. The summed E-state index contributed by atoms with van der Waals surface area (Å²) >= 11 is 0. The smallest absolute Gasteiger partial charge is 0.272 e. The van der Waals surface area contributed by atoms with Crippen LogP contribution in [0.15, 0.2) is 48.5 Å². The highest BCUT2D eigenvalue weighted by atomic mass is 16.2. The first-order valence-electron chi connectivity index (χ1n) is 11.4. The fourth-order valence-corrected chi connectivity index (χ4v) is 4.82. The minimum atomic E-state index is -0.169. The fraction of sp³-hybridized carbons (Fsp3) is 0.346. The Morgan fingerprint density at radius 2 is 1.94 bits per heavy atom. The molecule has 32 heavy (non-hydrogen) atoms. The Morgan fingerprint density at radius 3 is 2.78 bits per heavy atom. The molecule has 164 valence electrons. The Kier molecular flexibility index (Phi) is 5.52. The summed E-state index contributed by atoms with van der Waals surface area (Å²) in [7, 11) is 0. The van der Waals surface area contributed by atoms with E-state index in [0.29, 0.717) is 31.6 Å². The number of aryl methyl sites for hydroxylation is 2. The third kappa shape index (κ3) is 4.05. The maximum absolute atomic E-state index is 13.2. The second-order valence-corrected chi connectivity index (χ2v) is 8.87. The van der Waals surface area contributed by atoms with E-state index >= 15 is 0 Å². The molecule has 5 rings (SSSR count). The van der Waals surface area contributed by atoms with Gasteiger partial charge in [0.1, 0.15) is 0 Å². The van der Waals surface area contributed by atoms with Crippen LogP contribution in [0.5, 0.6) is 0 Å². The van der Waals surface area contributed by atoms with Crippen LogP contribution in [0.4, 0.5) is 0 Å². The van der Waals surface area contributed by atoms with Crippen molar-refractivity contribution in [3.8, 4) is 0 Å². The Labute approximate surface area is 188 Å². The summed E-state index contributed by atoms with van der Waals surface area (Å²) in [5.41, 5.74) is 6.91. The van der Waals surface area contributed by atoms with E-state index in [9.17, 15) is 9.59 Å². The van der Waals surface area contributed by atoms with Gasteiger partial charge in [0.2, 0.25) is 5.91 Å². The Balaban J connectivity index is 1.29. The predicted octanol–water partition coefficient (Wildman–Crippen LogP) is 3.65. The fourth-order valence-electron chi connectivity index (χ4n) is 4.82. The number of aromatic nitrogens is 2. The maximum Gasteiger partial charge on any atom is 0.272 e. The molecule has 2 N–H and O–H groups in total. The lowest BCUT2D eigenvalue weighted by molar-refractivity contribution is -0.131. The molecule has 0 fully saturated rings. The Hall–Kier alpha value is -3.41. The number of carbonyl (C=O) groups is 2. The van der Waals surface area contributed by atoms with Gasteiger partial charge in [0.15, 0.2) is 5.69 Å². The van der Waals surface area contributed by atoms with Gasteiger partial charge in [-0.25, -0.2) is 0 Å². The van der Waals surface area contributed by atoms with E-state index < -0.39 is 0 Å². The molecule has 2 heterocycles. The van der Waals surface area contributed by atoms with Crippen molar-refractivity contribution in [2.75, 3.05) is 6.54 Å². The molecule has 0 saturated heterocycles. The van der Waals surface area contributed by atoms with E-state index in [4.69, 9.17) is 0 Å². The van der Waals surface area contributed by atoms with Gasteiger partial charge >= 0.3 is 0 Å². The topological polar surface area (TPSA) is 78.1 Å². The number of hydrogen-bond donors (Lipinski definition) is 2. The first kappa shape index (κ1) is 20.5. The summed E-state index contributed by atoms with van der Waals surface area (Å²) in [6.07, 6.45) is 4.09. The average molecular weight is 429 g/mol. The lowest BCUT2D eigenvalue weighted by atomic mass is 9.87. The molecule has 2 aromatic carbocycles. The monoisotopic (exact) mass is 428 g/mol. The minimum Gasteiger partial charge on any atom is -0.344 e. The molecule has 3 aromatic rings. The molecule has 0 saturated carbocycles. The van der Waals surface area contributed by atoms with Crippen LogP contribution in [0.2, 0.25) is 0 Å². The molecule has 0 radical (unpaired) electrons. The van der Waals surface area contributed by atoms with Gasteiger partial charge in [0, 0.05) is 30.8 Å². The SMILES string of the molecule is Cc1ccc(CC(=O)N2CCc3[nH]nc(C(=O)N[C@@H]4CCCc5ccccc54)c3C2)cc1. The van der Waals surface area contributed by atoms with E-state index in [1.165, 1.54) is 16.7 Å². The first-order chi connectivity index (χ1) is 15.6. The number of hydrogen-bond acceptors (Lipinski definition) is 3. The third-order valence-electron chi connectivity index (χ3n) is 6.65. The van der Waals surface area contributed by atoms with E-state index in [1.807, 2.05) is 42.2 Å². The number of fused-ring (bicyclic) bond motifs is 2.